The van der Waals surface area contributed by atoms with E-state index in [4.69, 9.17) is 0 Å². The maximum absolute atomic E-state index is 13.6. The highest BCUT2D eigenvalue weighted by Crippen LogP contribution is 2.37. The Bertz CT molecular complexity index is 1970. The zero-order valence-electron chi connectivity index (χ0n) is 24.3. The van der Waals surface area contributed by atoms with Crippen molar-refractivity contribution >= 4 is 0 Å². The van der Waals surface area contributed by atoms with Crippen LogP contribution in [0.25, 0.3) is 66.8 Å². The molecule has 7 aromatic carbocycles. The highest BCUT2D eigenvalue weighted by Gasteiger charge is 2.11. The normalized spacial score (nSPS) is 10.9. The van der Waals surface area contributed by atoms with Gasteiger partial charge in [0.2, 0.25) is 0 Å². The summed E-state index contributed by atoms with van der Waals surface area (Å²) >= 11 is 0. The Morgan fingerprint density at radius 3 is 0.886 bits per heavy atom. The Labute approximate surface area is 258 Å². The molecule has 0 aliphatic carbocycles. The number of benzene rings is 7. The number of hydrogen-bond acceptors (Lipinski definition) is 0. The minimum Gasteiger partial charge on any atom is -0.246 e. The van der Waals surface area contributed by atoms with Crippen LogP contribution in [0.15, 0.2) is 176 Å². The third kappa shape index (κ3) is 5.86. The van der Waals surface area contributed by atoms with Crippen molar-refractivity contribution in [2.45, 2.75) is 6.67 Å². The molecular weight excluding hydrogens is 535 g/mol. The van der Waals surface area contributed by atoms with E-state index in [1.165, 1.54) is 27.8 Å². The molecule has 0 radical (unpaired) electrons. The van der Waals surface area contributed by atoms with Crippen LogP contribution in [0, 0.1) is 0 Å². The number of hydrogen-bond donors (Lipinski definition) is 0. The summed E-state index contributed by atoms with van der Waals surface area (Å²) in [5, 5.41) is 0. The molecule has 0 fully saturated rings. The molecule has 0 aliphatic heterocycles. The summed E-state index contributed by atoms with van der Waals surface area (Å²) in [6.07, 6.45) is 0. The van der Waals surface area contributed by atoms with E-state index in [0.29, 0.717) is 5.56 Å². The lowest BCUT2D eigenvalue weighted by Gasteiger charge is -2.14. The molecule has 0 saturated heterocycles. The molecule has 0 nitrogen and oxygen atoms in total. The van der Waals surface area contributed by atoms with Crippen molar-refractivity contribution < 1.29 is 4.39 Å². The van der Waals surface area contributed by atoms with Crippen LogP contribution < -0.4 is 0 Å². The smallest absolute Gasteiger partial charge is 0.115 e. The van der Waals surface area contributed by atoms with Gasteiger partial charge in [0.05, 0.1) is 0 Å². The van der Waals surface area contributed by atoms with Gasteiger partial charge >= 0.3 is 0 Å². The second-order valence-corrected chi connectivity index (χ2v) is 11.1. The van der Waals surface area contributed by atoms with E-state index < -0.39 is 6.67 Å². The predicted molar refractivity (Wildman–Crippen MR) is 184 cm³/mol. The predicted octanol–water partition coefficient (Wildman–Crippen LogP) is 12.2. The summed E-state index contributed by atoms with van der Waals surface area (Å²) in [4.78, 5) is 0. The van der Waals surface area contributed by atoms with Crippen molar-refractivity contribution in [2.24, 2.45) is 0 Å². The van der Waals surface area contributed by atoms with Crippen LogP contribution in [0.1, 0.15) is 5.56 Å². The zero-order valence-corrected chi connectivity index (χ0v) is 24.3. The molecule has 210 valence electrons. The van der Waals surface area contributed by atoms with Crippen LogP contribution in [0.5, 0.6) is 0 Å². The molecule has 0 aliphatic rings. The SMILES string of the molecule is FCc1cccc(-c2cc(-c3ccccc3)cc(-c3cccc(-c4cc(-c5ccccc5)cc(-c5ccccc5)c4)c3)c2)c1. The van der Waals surface area contributed by atoms with E-state index in [9.17, 15) is 4.39 Å². The first kappa shape index (κ1) is 27.3. The van der Waals surface area contributed by atoms with Gasteiger partial charge in [0.25, 0.3) is 0 Å². The van der Waals surface area contributed by atoms with Gasteiger partial charge in [-0.3, -0.25) is 0 Å². The van der Waals surface area contributed by atoms with Gasteiger partial charge < -0.3 is 0 Å². The van der Waals surface area contributed by atoms with Gasteiger partial charge in [-0.05, 0) is 121 Å². The average Bonchev–Trinajstić information content (AvgIpc) is 3.12. The topological polar surface area (TPSA) is 0 Å². The van der Waals surface area contributed by atoms with Crippen LogP contribution in [0.4, 0.5) is 4.39 Å². The summed E-state index contributed by atoms with van der Waals surface area (Å²) < 4.78 is 13.6. The lowest BCUT2D eigenvalue weighted by Crippen LogP contribution is -1.89. The van der Waals surface area contributed by atoms with E-state index in [0.717, 1.165) is 38.9 Å². The molecule has 0 spiro atoms. The van der Waals surface area contributed by atoms with Crippen molar-refractivity contribution in [1.29, 1.82) is 0 Å². The summed E-state index contributed by atoms with van der Waals surface area (Å²) in [5.41, 5.74) is 14.4. The van der Waals surface area contributed by atoms with Crippen molar-refractivity contribution in [3.63, 3.8) is 0 Å². The van der Waals surface area contributed by atoms with Crippen LogP contribution in [-0.2, 0) is 6.67 Å². The number of alkyl halides is 1. The Hall–Kier alpha value is -5.53. The first-order valence-corrected chi connectivity index (χ1v) is 15.0. The molecule has 7 rings (SSSR count). The fraction of sp³-hybridized carbons (Fsp3) is 0.0233. The van der Waals surface area contributed by atoms with Crippen molar-refractivity contribution in [3.05, 3.63) is 181 Å². The average molecular weight is 567 g/mol. The quantitative estimate of drug-likeness (QED) is 0.180. The molecule has 0 amide bonds. The monoisotopic (exact) mass is 566 g/mol. The third-order valence-electron chi connectivity index (χ3n) is 8.13. The van der Waals surface area contributed by atoms with Gasteiger partial charge in [-0.25, -0.2) is 4.39 Å². The van der Waals surface area contributed by atoms with Gasteiger partial charge in [0.1, 0.15) is 6.67 Å². The fourth-order valence-electron chi connectivity index (χ4n) is 5.86. The molecule has 0 heterocycles. The summed E-state index contributed by atoms with van der Waals surface area (Å²) in [7, 11) is 0. The highest BCUT2D eigenvalue weighted by atomic mass is 19.1. The molecule has 0 atom stereocenters. The molecule has 7 aromatic rings. The largest absolute Gasteiger partial charge is 0.246 e. The maximum Gasteiger partial charge on any atom is 0.115 e. The third-order valence-corrected chi connectivity index (χ3v) is 8.13. The minimum absolute atomic E-state index is 0.478. The first-order valence-electron chi connectivity index (χ1n) is 15.0. The Kier molecular flexibility index (Phi) is 7.68. The van der Waals surface area contributed by atoms with E-state index in [-0.39, 0.29) is 0 Å². The summed E-state index contributed by atoms with van der Waals surface area (Å²) in [5.74, 6) is 0. The Balaban J connectivity index is 1.37. The van der Waals surface area contributed by atoms with Crippen LogP contribution in [-0.4, -0.2) is 0 Å². The minimum atomic E-state index is -0.478. The molecule has 44 heavy (non-hydrogen) atoms. The van der Waals surface area contributed by atoms with Crippen molar-refractivity contribution in [2.75, 3.05) is 0 Å². The van der Waals surface area contributed by atoms with Crippen molar-refractivity contribution in [3.8, 4) is 66.8 Å². The first-order chi connectivity index (χ1) is 21.7. The molecule has 0 bridgehead atoms. The van der Waals surface area contributed by atoms with E-state index in [1.807, 2.05) is 24.3 Å². The van der Waals surface area contributed by atoms with Crippen LogP contribution >= 0.6 is 0 Å². The van der Waals surface area contributed by atoms with Gasteiger partial charge in [0, 0.05) is 0 Å². The molecule has 0 unspecified atom stereocenters. The number of rotatable bonds is 7. The highest BCUT2D eigenvalue weighted by molar-refractivity contribution is 5.85. The van der Waals surface area contributed by atoms with Gasteiger partial charge in [-0.2, -0.15) is 0 Å². The summed E-state index contributed by atoms with van der Waals surface area (Å²) in [6, 6.07) is 61.7. The Morgan fingerprint density at radius 2 is 0.523 bits per heavy atom. The maximum atomic E-state index is 13.6. The van der Waals surface area contributed by atoms with Crippen molar-refractivity contribution in [1.82, 2.24) is 0 Å². The van der Waals surface area contributed by atoms with Crippen LogP contribution in [0.3, 0.4) is 0 Å². The molecule has 0 saturated carbocycles. The molecular formula is C43H31F. The van der Waals surface area contributed by atoms with E-state index >= 15 is 0 Å². The molecule has 1 heteroatoms. The standard InChI is InChI=1S/C43H31F/c44-30-31-12-10-19-35(22-31)41-25-40(34-17-8-3-9-18-34)28-43(29-41)37-21-11-20-36(23-37)42-26-38(32-13-4-1-5-14-32)24-39(27-42)33-15-6-2-7-16-33/h1-29H,30H2. The second kappa shape index (κ2) is 12.4. The summed E-state index contributed by atoms with van der Waals surface area (Å²) in [6.45, 7) is -0.478. The Morgan fingerprint density at radius 1 is 0.250 bits per heavy atom. The molecule has 0 N–H and O–H groups in total. The van der Waals surface area contributed by atoms with Gasteiger partial charge in [-0.1, -0.05) is 127 Å². The van der Waals surface area contributed by atoms with E-state index in [2.05, 4.69) is 152 Å². The zero-order chi connectivity index (χ0) is 29.7. The lowest BCUT2D eigenvalue weighted by atomic mass is 9.90. The molecule has 0 aromatic heterocycles. The number of halogens is 1. The second-order valence-electron chi connectivity index (χ2n) is 11.1. The van der Waals surface area contributed by atoms with E-state index in [1.54, 1.807) is 0 Å². The fourth-order valence-corrected chi connectivity index (χ4v) is 5.86. The lowest BCUT2D eigenvalue weighted by molar-refractivity contribution is 0.485. The van der Waals surface area contributed by atoms with Gasteiger partial charge in [-0.15, -0.1) is 0 Å². The van der Waals surface area contributed by atoms with Gasteiger partial charge in [0.15, 0.2) is 0 Å². The van der Waals surface area contributed by atoms with Crippen LogP contribution in [0.2, 0.25) is 0 Å².